The fourth-order valence-corrected chi connectivity index (χ4v) is 5.01. The first kappa shape index (κ1) is 24.0. The molecule has 0 aliphatic carbocycles. The van der Waals surface area contributed by atoms with Crippen LogP contribution in [0.3, 0.4) is 0 Å². The molecule has 0 aliphatic heterocycles. The standard InChI is InChI=1S/C23H23FN2O6S/c1-14-10-15(2)26(13-21(27)25-17-7-5-6-16(24)11-17)23(28)22(14)33(29,30)18-8-9-19(31-3)20(12-18)32-4/h5-12H,13H2,1-4H3,(H,25,27). The molecule has 0 unspecified atom stereocenters. The highest BCUT2D eigenvalue weighted by molar-refractivity contribution is 7.91. The third kappa shape index (κ3) is 4.90. The second-order valence-corrected chi connectivity index (χ2v) is 9.15. The number of carbonyl (C=O) groups is 1. The number of nitrogens with one attached hydrogen (secondary N) is 1. The molecule has 0 atom stereocenters. The average Bonchev–Trinajstić information content (AvgIpc) is 2.75. The molecular formula is C23H23FN2O6S. The van der Waals surface area contributed by atoms with Gasteiger partial charge >= 0.3 is 0 Å². The number of hydrogen-bond acceptors (Lipinski definition) is 6. The SMILES string of the molecule is COc1ccc(S(=O)(=O)c2c(C)cc(C)n(CC(=O)Nc3cccc(F)c3)c2=O)cc1OC. The number of benzene rings is 2. The van der Waals surface area contributed by atoms with E-state index in [-0.39, 0.29) is 21.9 Å². The summed E-state index contributed by atoms with van der Waals surface area (Å²) < 4.78 is 51.5. The lowest BCUT2D eigenvalue weighted by atomic mass is 10.2. The van der Waals surface area contributed by atoms with Crippen LogP contribution in [0.5, 0.6) is 11.5 Å². The second kappa shape index (κ2) is 9.45. The van der Waals surface area contributed by atoms with Gasteiger partial charge in [0.2, 0.25) is 15.7 Å². The molecular weight excluding hydrogens is 451 g/mol. The number of hydrogen-bond donors (Lipinski definition) is 1. The van der Waals surface area contributed by atoms with Crippen molar-refractivity contribution in [3.05, 3.63) is 76.0 Å². The van der Waals surface area contributed by atoms with E-state index in [1.54, 1.807) is 6.92 Å². The number of carbonyl (C=O) groups excluding carboxylic acids is 1. The van der Waals surface area contributed by atoms with E-state index < -0.39 is 38.6 Å². The van der Waals surface area contributed by atoms with Crippen molar-refractivity contribution >= 4 is 21.4 Å². The fourth-order valence-electron chi connectivity index (χ4n) is 3.44. The molecule has 174 valence electrons. The van der Waals surface area contributed by atoms with E-state index in [4.69, 9.17) is 9.47 Å². The monoisotopic (exact) mass is 474 g/mol. The Balaban J connectivity index is 2.03. The number of anilines is 1. The van der Waals surface area contributed by atoms with Crippen molar-refractivity contribution in [1.29, 1.82) is 0 Å². The molecule has 10 heteroatoms. The number of sulfone groups is 1. The van der Waals surface area contributed by atoms with Gasteiger partial charge in [-0.1, -0.05) is 6.07 Å². The van der Waals surface area contributed by atoms with Crippen LogP contribution in [0.2, 0.25) is 0 Å². The summed E-state index contributed by atoms with van der Waals surface area (Å²) in [7, 11) is -1.46. The lowest BCUT2D eigenvalue weighted by Crippen LogP contribution is -2.33. The number of amides is 1. The van der Waals surface area contributed by atoms with Gasteiger partial charge in [-0.15, -0.1) is 0 Å². The first-order chi connectivity index (χ1) is 15.6. The molecule has 2 aromatic carbocycles. The second-order valence-electron chi connectivity index (χ2n) is 7.27. The number of halogens is 1. The zero-order valence-corrected chi connectivity index (χ0v) is 19.3. The predicted octanol–water partition coefficient (Wildman–Crippen LogP) is 3.09. The van der Waals surface area contributed by atoms with E-state index in [9.17, 15) is 22.4 Å². The molecule has 3 rings (SSSR count). The van der Waals surface area contributed by atoms with Gasteiger partial charge in [0.1, 0.15) is 17.3 Å². The maximum absolute atomic E-state index is 13.4. The average molecular weight is 475 g/mol. The lowest BCUT2D eigenvalue weighted by molar-refractivity contribution is -0.116. The molecule has 0 saturated carbocycles. The van der Waals surface area contributed by atoms with Crippen LogP contribution in [0.1, 0.15) is 11.3 Å². The maximum Gasteiger partial charge on any atom is 0.270 e. The molecule has 0 bridgehead atoms. The van der Waals surface area contributed by atoms with Crippen molar-refractivity contribution in [2.45, 2.75) is 30.2 Å². The molecule has 1 heterocycles. The minimum absolute atomic E-state index is 0.153. The minimum atomic E-state index is -4.25. The van der Waals surface area contributed by atoms with Crippen LogP contribution >= 0.6 is 0 Å². The van der Waals surface area contributed by atoms with E-state index in [2.05, 4.69) is 5.32 Å². The Morgan fingerprint density at radius 2 is 1.73 bits per heavy atom. The van der Waals surface area contributed by atoms with Gasteiger partial charge in [0.15, 0.2) is 11.5 Å². The number of methoxy groups -OCH3 is 2. The number of aromatic nitrogens is 1. The Labute approximate surface area is 190 Å². The van der Waals surface area contributed by atoms with Gasteiger partial charge in [-0.3, -0.25) is 9.59 Å². The van der Waals surface area contributed by atoms with Crippen LogP contribution in [0.4, 0.5) is 10.1 Å². The third-order valence-corrected chi connectivity index (χ3v) is 6.90. The summed E-state index contributed by atoms with van der Waals surface area (Å²) in [6.45, 7) is 2.66. The third-order valence-electron chi connectivity index (χ3n) is 4.99. The summed E-state index contributed by atoms with van der Waals surface area (Å²) in [6.07, 6.45) is 0. The van der Waals surface area contributed by atoms with Gasteiger partial charge in [0.25, 0.3) is 5.56 Å². The van der Waals surface area contributed by atoms with E-state index >= 15 is 0 Å². The van der Waals surface area contributed by atoms with Crippen LogP contribution in [0.25, 0.3) is 0 Å². The van der Waals surface area contributed by atoms with Crippen LogP contribution in [0.15, 0.2) is 63.1 Å². The summed E-state index contributed by atoms with van der Waals surface area (Å²) in [6, 6.07) is 10.8. The zero-order chi connectivity index (χ0) is 24.3. The van der Waals surface area contributed by atoms with Gasteiger partial charge in [-0.05, 0) is 55.8 Å². The number of pyridine rings is 1. The van der Waals surface area contributed by atoms with Crippen LogP contribution in [0, 0.1) is 19.7 Å². The molecule has 1 N–H and O–H groups in total. The predicted molar refractivity (Wildman–Crippen MR) is 120 cm³/mol. The van der Waals surface area contributed by atoms with Gasteiger partial charge < -0.3 is 19.4 Å². The normalized spacial score (nSPS) is 11.2. The molecule has 0 radical (unpaired) electrons. The van der Waals surface area contributed by atoms with Crippen molar-refractivity contribution in [3.8, 4) is 11.5 Å². The van der Waals surface area contributed by atoms with E-state index in [0.29, 0.717) is 11.4 Å². The Morgan fingerprint density at radius 1 is 1.03 bits per heavy atom. The largest absolute Gasteiger partial charge is 0.493 e. The molecule has 0 fully saturated rings. The Morgan fingerprint density at radius 3 is 2.36 bits per heavy atom. The van der Waals surface area contributed by atoms with Crippen LogP contribution in [-0.2, 0) is 21.2 Å². The van der Waals surface area contributed by atoms with E-state index in [0.717, 1.165) is 10.6 Å². The van der Waals surface area contributed by atoms with Gasteiger partial charge in [-0.2, -0.15) is 0 Å². The first-order valence-corrected chi connectivity index (χ1v) is 11.3. The summed E-state index contributed by atoms with van der Waals surface area (Å²) in [5.41, 5.74) is 0.0277. The van der Waals surface area contributed by atoms with Gasteiger partial charge in [0, 0.05) is 17.4 Å². The molecule has 1 aromatic heterocycles. The molecule has 8 nitrogen and oxygen atoms in total. The Kier molecular flexibility index (Phi) is 6.87. The Bertz CT molecular complexity index is 1380. The summed E-state index contributed by atoms with van der Waals surface area (Å²) >= 11 is 0. The zero-order valence-electron chi connectivity index (χ0n) is 18.5. The first-order valence-electron chi connectivity index (χ1n) is 9.82. The highest BCUT2D eigenvalue weighted by atomic mass is 32.2. The number of ether oxygens (including phenoxy) is 2. The molecule has 3 aromatic rings. The molecule has 0 saturated heterocycles. The summed E-state index contributed by atoms with van der Waals surface area (Å²) in [5.74, 6) is -0.606. The molecule has 0 aliphatic rings. The topological polar surface area (TPSA) is 104 Å². The summed E-state index contributed by atoms with van der Waals surface area (Å²) in [4.78, 5) is 25.1. The highest BCUT2D eigenvalue weighted by Crippen LogP contribution is 2.32. The van der Waals surface area contributed by atoms with Crippen molar-refractivity contribution in [2.75, 3.05) is 19.5 Å². The van der Waals surface area contributed by atoms with Crippen molar-refractivity contribution in [3.63, 3.8) is 0 Å². The van der Waals surface area contributed by atoms with Crippen LogP contribution < -0.4 is 20.3 Å². The quantitative estimate of drug-likeness (QED) is 0.565. The fraction of sp³-hybridized carbons (Fsp3) is 0.217. The molecule has 0 spiro atoms. The minimum Gasteiger partial charge on any atom is -0.493 e. The lowest BCUT2D eigenvalue weighted by Gasteiger charge is -2.16. The smallest absolute Gasteiger partial charge is 0.270 e. The highest BCUT2D eigenvalue weighted by Gasteiger charge is 2.27. The summed E-state index contributed by atoms with van der Waals surface area (Å²) in [5, 5.41) is 2.50. The molecule has 33 heavy (non-hydrogen) atoms. The van der Waals surface area contributed by atoms with Gasteiger partial charge in [0.05, 0.1) is 19.1 Å². The number of rotatable bonds is 7. The number of nitrogens with zero attached hydrogens (tertiary/aromatic N) is 1. The maximum atomic E-state index is 13.4. The van der Waals surface area contributed by atoms with Gasteiger partial charge in [-0.25, -0.2) is 12.8 Å². The van der Waals surface area contributed by atoms with Crippen molar-refractivity contribution in [1.82, 2.24) is 4.57 Å². The number of aryl methyl sites for hydroxylation is 2. The molecule has 1 amide bonds. The Hall–Kier alpha value is -3.66. The van der Waals surface area contributed by atoms with E-state index in [1.165, 1.54) is 63.6 Å². The van der Waals surface area contributed by atoms with Crippen molar-refractivity contribution < 1.29 is 27.1 Å². The van der Waals surface area contributed by atoms with E-state index in [1.807, 2.05) is 0 Å². The van der Waals surface area contributed by atoms with Crippen LogP contribution in [-0.4, -0.2) is 33.1 Å². The van der Waals surface area contributed by atoms with Crippen molar-refractivity contribution in [2.24, 2.45) is 0 Å².